The molecule has 3 aromatic rings. The highest BCUT2D eigenvalue weighted by Gasteiger charge is 2.34. The Morgan fingerprint density at radius 3 is 2.05 bits per heavy atom. The summed E-state index contributed by atoms with van der Waals surface area (Å²) in [6.07, 6.45) is 2.91. The number of thioether (sulfide) groups is 1. The quantitative estimate of drug-likeness (QED) is 0.203. The number of halogens is 2. The van der Waals surface area contributed by atoms with E-state index in [0.717, 1.165) is 14.8 Å². The molecule has 11 heteroatoms. The number of sulfonamides is 1. The highest BCUT2D eigenvalue weighted by Crippen LogP contribution is 2.29. The Morgan fingerprint density at radius 2 is 1.52 bits per heavy atom. The molecule has 0 radical (unpaired) electrons. The summed E-state index contributed by atoms with van der Waals surface area (Å²) >= 11 is 14.4. The van der Waals surface area contributed by atoms with Crippen LogP contribution < -0.4 is 9.62 Å². The van der Waals surface area contributed by atoms with Gasteiger partial charge in [-0.3, -0.25) is 13.9 Å². The number of nitrogens with zero attached hydrogens (tertiary/aromatic N) is 2. The molecular formula is C31H37Cl2N3O4S2. The van der Waals surface area contributed by atoms with Crippen LogP contribution in [-0.2, 0) is 26.2 Å². The average molecular weight is 651 g/mol. The van der Waals surface area contributed by atoms with Crippen LogP contribution in [0, 0.1) is 6.92 Å². The number of hydrogen-bond acceptors (Lipinski definition) is 5. The van der Waals surface area contributed by atoms with Gasteiger partial charge < -0.3 is 10.2 Å². The molecule has 0 saturated heterocycles. The zero-order valence-electron chi connectivity index (χ0n) is 24.4. The smallest absolute Gasteiger partial charge is 0.264 e. The number of rotatable bonds is 13. The predicted octanol–water partition coefficient (Wildman–Crippen LogP) is 6.94. The van der Waals surface area contributed by atoms with Gasteiger partial charge in [-0.25, -0.2) is 8.42 Å². The van der Waals surface area contributed by atoms with Crippen molar-refractivity contribution in [3.63, 3.8) is 0 Å². The fourth-order valence-electron chi connectivity index (χ4n) is 4.33. The van der Waals surface area contributed by atoms with Gasteiger partial charge in [-0.2, -0.15) is 0 Å². The van der Waals surface area contributed by atoms with Crippen LogP contribution >= 0.6 is 35.0 Å². The van der Waals surface area contributed by atoms with Crippen LogP contribution in [0.2, 0.25) is 10.0 Å². The van der Waals surface area contributed by atoms with Crippen molar-refractivity contribution in [1.29, 1.82) is 0 Å². The summed E-state index contributed by atoms with van der Waals surface area (Å²) in [4.78, 5) is 30.0. The molecule has 7 nitrogen and oxygen atoms in total. The number of carbonyl (C=O) groups is 2. The summed E-state index contributed by atoms with van der Waals surface area (Å²) in [6.45, 7) is 6.92. The topological polar surface area (TPSA) is 86.8 Å². The molecule has 0 aromatic heterocycles. The van der Waals surface area contributed by atoms with Crippen LogP contribution in [0.5, 0.6) is 0 Å². The van der Waals surface area contributed by atoms with Gasteiger partial charge in [0.25, 0.3) is 10.0 Å². The van der Waals surface area contributed by atoms with Gasteiger partial charge in [0.2, 0.25) is 11.8 Å². The van der Waals surface area contributed by atoms with Crippen molar-refractivity contribution in [3.8, 4) is 0 Å². The summed E-state index contributed by atoms with van der Waals surface area (Å²) in [5, 5.41) is 3.64. The normalized spacial score (nSPS) is 12.8. The molecule has 0 heterocycles. The molecule has 2 amide bonds. The van der Waals surface area contributed by atoms with E-state index < -0.39 is 28.5 Å². The standard InChI is InChI=1S/C31H37Cl2N3O4S2/c1-6-22(4)34-31(38)29(7-2)35(19-26-27(32)9-8-10-28(26)33)30(37)20-36(23-13-11-21(3)12-14-23)42(39,40)25-17-15-24(41-5)16-18-25/h8-18,22,29H,6-7,19-20H2,1-5H3,(H,34,38)/t22-,29+/m1/s1. The zero-order chi connectivity index (χ0) is 31.0. The monoisotopic (exact) mass is 649 g/mol. The maximum Gasteiger partial charge on any atom is 0.264 e. The van der Waals surface area contributed by atoms with Crippen molar-refractivity contribution in [2.75, 3.05) is 17.1 Å². The third-order valence-electron chi connectivity index (χ3n) is 7.03. The minimum atomic E-state index is -4.16. The second-order valence-corrected chi connectivity index (χ2v) is 13.5. The van der Waals surface area contributed by atoms with Gasteiger partial charge >= 0.3 is 0 Å². The first kappa shape index (κ1) is 33.8. The Labute approximate surface area is 263 Å². The van der Waals surface area contributed by atoms with Gasteiger partial charge in [0.1, 0.15) is 12.6 Å². The number of anilines is 1. The van der Waals surface area contributed by atoms with Crippen LogP contribution in [0.3, 0.4) is 0 Å². The second-order valence-electron chi connectivity index (χ2n) is 9.99. The van der Waals surface area contributed by atoms with E-state index in [-0.39, 0.29) is 23.4 Å². The van der Waals surface area contributed by atoms with E-state index in [0.29, 0.717) is 34.1 Å². The van der Waals surface area contributed by atoms with E-state index in [1.54, 1.807) is 61.5 Å². The van der Waals surface area contributed by atoms with Crippen molar-refractivity contribution in [2.24, 2.45) is 0 Å². The number of carbonyl (C=O) groups excluding carboxylic acids is 2. The Bertz CT molecular complexity index is 1460. The van der Waals surface area contributed by atoms with Gasteiger partial charge in [0, 0.05) is 33.1 Å². The SMILES string of the molecule is CC[C@@H](C)NC(=O)[C@H](CC)N(Cc1c(Cl)cccc1Cl)C(=O)CN(c1ccc(C)cc1)S(=O)(=O)c1ccc(SC)cc1. The molecule has 3 rings (SSSR count). The highest BCUT2D eigenvalue weighted by atomic mass is 35.5. The lowest BCUT2D eigenvalue weighted by molar-refractivity contribution is -0.140. The molecule has 1 N–H and O–H groups in total. The first-order valence-electron chi connectivity index (χ1n) is 13.7. The fourth-order valence-corrected chi connectivity index (χ4v) is 6.67. The van der Waals surface area contributed by atoms with E-state index in [1.807, 2.05) is 27.0 Å². The highest BCUT2D eigenvalue weighted by molar-refractivity contribution is 7.98. The van der Waals surface area contributed by atoms with E-state index in [1.165, 1.54) is 28.8 Å². The van der Waals surface area contributed by atoms with Crippen LogP contribution in [0.1, 0.15) is 44.7 Å². The minimum Gasteiger partial charge on any atom is -0.352 e. The molecule has 3 aromatic carbocycles. The summed E-state index contributed by atoms with van der Waals surface area (Å²) in [5.74, 6) is -0.900. The maximum absolute atomic E-state index is 14.2. The van der Waals surface area contributed by atoms with Crippen molar-refractivity contribution in [2.45, 2.75) is 69.0 Å². The van der Waals surface area contributed by atoms with Crippen molar-refractivity contribution >= 4 is 62.5 Å². The van der Waals surface area contributed by atoms with Gasteiger partial charge in [0.05, 0.1) is 10.6 Å². The molecule has 2 atom stereocenters. The third-order valence-corrected chi connectivity index (χ3v) is 10.3. The molecule has 0 aliphatic carbocycles. The summed E-state index contributed by atoms with van der Waals surface area (Å²) in [6, 6.07) is 17.4. The fraction of sp³-hybridized carbons (Fsp3) is 0.355. The van der Waals surface area contributed by atoms with Gasteiger partial charge in [-0.05, 0) is 81.5 Å². The molecule has 42 heavy (non-hydrogen) atoms. The molecule has 0 saturated carbocycles. The first-order valence-corrected chi connectivity index (χ1v) is 17.1. The first-order chi connectivity index (χ1) is 19.9. The van der Waals surface area contributed by atoms with Crippen molar-refractivity contribution in [1.82, 2.24) is 10.2 Å². The second kappa shape index (κ2) is 15.1. The third kappa shape index (κ3) is 8.22. The lowest BCUT2D eigenvalue weighted by Gasteiger charge is -2.34. The largest absolute Gasteiger partial charge is 0.352 e. The van der Waals surface area contributed by atoms with E-state index in [9.17, 15) is 18.0 Å². The number of nitrogens with one attached hydrogen (secondary N) is 1. The summed E-state index contributed by atoms with van der Waals surface area (Å²) in [7, 11) is -4.16. The molecule has 226 valence electrons. The summed E-state index contributed by atoms with van der Waals surface area (Å²) in [5.41, 5.74) is 1.74. The van der Waals surface area contributed by atoms with Crippen LogP contribution in [0.15, 0.2) is 76.5 Å². The van der Waals surface area contributed by atoms with Crippen LogP contribution in [-0.4, -0.2) is 50.0 Å². The lowest BCUT2D eigenvalue weighted by atomic mass is 10.1. The van der Waals surface area contributed by atoms with Gasteiger partial charge in [0.15, 0.2) is 0 Å². The molecule has 0 bridgehead atoms. The molecule has 0 aliphatic heterocycles. The zero-order valence-corrected chi connectivity index (χ0v) is 27.6. The maximum atomic E-state index is 14.2. The van der Waals surface area contributed by atoms with Crippen molar-refractivity contribution < 1.29 is 18.0 Å². The molecule has 0 spiro atoms. The Balaban J connectivity index is 2.09. The average Bonchev–Trinajstić information content (AvgIpc) is 2.97. The van der Waals surface area contributed by atoms with Crippen LogP contribution in [0.4, 0.5) is 5.69 Å². The molecule has 0 unspecified atom stereocenters. The van der Waals surface area contributed by atoms with Crippen LogP contribution in [0.25, 0.3) is 0 Å². The van der Waals surface area contributed by atoms with Crippen molar-refractivity contribution in [3.05, 3.63) is 87.9 Å². The van der Waals surface area contributed by atoms with Gasteiger partial charge in [-0.1, -0.05) is 60.8 Å². The Hall–Kier alpha value is -2.72. The molecular weight excluding hydrogens is 613 g/mol. The summed E-state index contributed by atoms with van der Waals surface area (Å²) < 4.78 is 29.1. The van der Waals surface area contributed by atoms with E-state index >= 15 is 0 Å². The van der Waals surface area contributed by atoms with E-state index in [2.05, 4.69) is 5.32 Å². The number of hydrogen-bond donors (Lipinski definition) is 1. The number of amides is 2. The lowest BCUT2D eigenvalue weighted by Crippen LogP contribution is -2.53. The minimum absolute atomic E-state index is 0.0518. The van der Waals surface area contributed by atoms with Gasteiger partial charge in [-0.15, -0.1) is 11.8 Å². The number of benzene rings is 3. The predicted molar refractivity (Wildman–Crippen MR) is 173 cm³/mol. The van der Waals surface area contributed by atoms with E-state index in [4.69, 9.17) is 23.2 Å². The molecule has 0 fully saturated rings. The number of aryl methyl sites for hydroxylation is 1. The Kier molecular flexibility index (Phi) is 12.2. The Morgan fingerprint density at radius 1 is 0.929 bits per heavy atom. The molecule has 0 aliphatic rings.